The lowest BCUT2D eigenvalue weighted by molar-refractivity contribution is -0.0760. The van der Waals surface area contributed by atoms with Crippen molar-refractivity contribution in [3.05, 3.63) is 35.3 Å². The number of imidazole rings is 1. The zero-order valence-electron chi connectivity index (χ0n) is 20.9. The summed E-state index contributed by atoms with van der Waals surface area (Å²) in [5.41, 5.74) is 3.50. The van der Waals surface area contributed by atoms with Crippen LogP contribution in [0.1, 0.15) is 81.0 Å². The van der Waals surface area contributed by atoms with Crippen molar-refractivity contribution in [3.63, 3.8) is 0 Å². The van der Waals surface area contributed by atoms with Crippen LogP contribution in [0.5, 0.6) is 0 Å². The molecule has 2 aromatic heterocycles. The Morgan fingerprint density at radius 1 is 1.26 bits per heavy atom. The van der Waals surface area contributed by atoms with Crippen LogP contribution in [-0.4, -0.2) is 85.9 Å². The molecular formula is C26H37N5O3. The van der Waals surface area contributed by atoms with Crippen LogP contribution in [0.2, 0.25) is 0 Å². The van der Waals surface area contributed by atoms with E-state index in [0.29, 0.717) is 32.0 Å². The Bertz CT molecular complexity index is 1120. The van der Waals surface area contributed by atoms with Crippen LogP contribution in [0.4, 0.5) is 0 Å². The predicted octanol–water partition coefficient (Wildman–Crippen LogP) is 3.11. The number of amides is 1. The Balaban J connectivity index is 1.40. The quantitative estimate of drug-likeness (QED) is 0.728. The Labute approximate surface area is 201 Å². The molecule has 0 bridgehead atoms. The Kier molecular flexibility index (Phi) is 6.02. The third-order valence-electron chi connectivity index (χ3n) is 7.62. The first-order valence-electron chi connectivity index (χ1n) is 12.6. The second-order valence-electron chi connectivity index (χ2n) is 11.1. The largest absolute Gasteiger partial charge is 0.389 e. The number of hydrogen-bond acceptors (Lipinski definition) is 6. The number of nitrogens with zero attached hydrogens (tertiary/aromatic N) is 5. The summed E-state index contributed by atoms with van der Waals surface area (Å²) in [5.74, 6) is 0.200. The zero-order chi connectivity index (χ0) is 24.1. The van der Waals surface area contributed by atoms with Crippen LogP contribution >= 0.6 is 0 Å². The highest BCUT2D eigenvalue weighted by Crippen LogP contribution is 2.34. The van der Waals surface area contributed by atoms with E-state index in [0.717, 1.165) is 55.7 Å². The molecule has 1 saturated carbocycles. The molecule has 2 aromatic rings. The minimum Gasteiger partial charge on any atom is -0.389 e. The van der Waals surface area contributed by atoms with Gasteiger partial charge in [-0.05, 0) is 57.1 Å². The van der Waals surface area contributed by atoms with E-state index in [2.05, 4.69) is 44.7 Å². The summed E-state index contributed by atoms with van der Waals surface area (Å²) >= 11 is 0. The summed E-state index contributed by atoms with van der Waals surface area (Å²) in [5, 5.41) is 15.4. The molecular weight excluding hydrogens is 430 g/mol. The van der Waals surface area contributed by atoms with Gasteiger partial charge in [0.05, 0.1) is 36.2 Å². The van der Waals surface area contributed by atoms with Gasteiger partial charge >= 0.3 is 0 Å². The summed E-state index contributed by atoms with van der Waals surface area (Å²) in [6.07, 6.45) is 7.57. The molecule has 34 heavy (non-hydrogen) atoms. The van der Waals surface area contributed by atoms with Gasteiger partial charge in [0, 0.05) is 31.7 Å². The predicted molar refractivity (Wildman–Crippen MR) is 131 cm³/mol. The molecule has 8 nitrogen and oxygen atoms in total. The first kappa shape index (κ1) is 23.5. The van der Waals surface area contributed by atoms with Crippen molar-refractivity contribution in [3.8, 4) is 0 Å². The number of carbonyl (C=O) groups excluding carboxylic acids is 1. The Morgan fingerprint density at radius 3 is 2.68 bits per heavy atom. The number of fused-ring (bicyclic) bond motifs is 1. The van der Waals surface area contributed by atoms with Crippen LogP contribution in [0.15, 0.2) is 18.3 Å². The van der Waals surface area contributed by atoms with E-state index in [4.69, 9.17) is 14.8 Å². The molecule has 1 amide bonds. The zero-order valence-corrected chi connectivity index (χ0v) is 20.9. The van der Waals surface area contributed by atoms with Crippen molar-refractivity contribution in [2.24, 2.45) is 0 Å². The SMILES string of the molecule is CC(C)c1cc(C2=CCOCC2)nn2cc(C(=O)N3CCN(CC4(O)CCC4)CC3(C)C)nc12. The first-order valence-corrected chi connectivity index (χ1v) is 12.6. The van der Waals surface area contributed by atoms with Crippen molar-refractivity contribution in [1.82, 2.24) is 24.4 Å². The minimum atomic E-state index is -0.541. The van der Waals surface area contributed by atoms with Gasteiger partial charge < -0.3 is 14.7 Å². The number of β-amino-alcohol motifs (C(OH)–C–C–N with tert-alkyl or cyclic N) is 1. The number of aromatic nitrogens is 3. The van der Waals surface area contributed by atoms with Crippen LogP contribution < -0.4 is 0 Å². The third-order valence-corrected chi connectivity index (χ3v) is 7.62. The lowest BCUT2D eigenvalue weighted by Crippen LogP contribution is -2.63. The van der Waals surface area contributed by atoms with Crippen LogP contribution in [0.3, 0.4) is 0 Å². The molecule has 0 unspecified atom stereocenters. The van der Waals surface area contributed by atoms with Crippen molar-refractivity contribution < 1.29 is 14.6 Å². The van der Waals surface area contributed by atoms with E-state index in [-0.39, 0.29) is 17.4 Å². The van der Waals surface area contributed by atoms with Gasteiger partial charge in [0.2, 0.25) is 0 Å². The standard InChI is InChI=1S/C26H37N5O3/c1-18(2)20-14-21(19-6-12-34-13-7-19)28-31-15-22(27-23(20)31)24(32)30-11-10-29(16-25(30,3)4)17-26(33)8-5-9-26/h6,14-15,18,33H,5,7-13,16-17H2,1-4H3. The smallest absolute Gasteiger partial charge is 0.274 e. The van der Waals surface area contributed by atoms with Crippen molar-refractivity contribution in [2.75, 3.05) is 39.4 Å². The van der Waals surface area contributed by atoms with E-state index in [1.165, 1.54) is 5.57 Å². The lowest BCUT2D eigenvalue weighted by Gasteiger charge is -2.50. The number of rotatable bonds is 5. The van der Waals surface area contributed by atoms with Crippen LogP contribution in [-0.2, 0) is 4.74 Å². The van der Waals surface area contributed by atoms with Gasteiger partial charge in [-0.25, -0.2) is 9.50 Å². The highest BCUT2D eigenvalue weighted by Gasteiger charge is 2.42. The number of aliphatic hydroxyl groups is 1. The second kappa shape index (κ2) is 8.73. The molecule has 1 N–H and O–H groups in total. The molecule has 5 rings (SSSR count). The lowest BCUT2D eigenvalue weighted by atomic mass is 9.79. The summed E-state index contributed by atoms with van der Waals surface area (Å²) in [7, 11) is 0. The maximum absolute atomic E-state index is 13.6. The molecule has 0 atom stereocenters. The van der Waals surface area contributed by atoms with Gasteiger partial charge in [-0.15, -0.1) is 0 Å². The fourth-order valence-electron chi connectivity index (χ4n) is 5.51. The number of hydrogen-bond donors (Lipinski definition) is 1. The highest BCUT2D eigenvalue weighted by atomic mass is 16.5. The van der Waals surface area contributed by atoms with Gasteiger partial charge in [0.15, 0.2) is 5.65 Å². The summed E-state index contributed by atoms with van der Waals surface area (Å²) < 4.78 is 7.24. The molecule has 0 aromatic carbocycles. The van der Waals surface area contributed by atoms with Crippen molar-refractivity contribution in [2.45, 2.75) is 70.4 Å². The average molecular weight is 468 g/mol. The maximum atomic E-state index is 13.6. The van der Waals surface area contributed by atoms with Crippen molar-refractivity contribution in [1.29, 1.82) is 0 Å². The molecule has 4 heterocycles. The molecule has 8 heteroatoms. The normalized spacial score (nSPS) is 22.6. The number of piperazine rings is 1. The molecule has 1 saturated heterocycles. The topological polar surface area (TPSA) is 83.2 Å². The van der Waals surface area contributed by atoms with Gasteiger partial charge in [0.1, 0.15) is 5.69 Å². The van der Waals surface area contributed by atoms with Gasteiger partial charge in [0.25, 0.3) is 5.91 Å². The van der Waals surface area contributed by atoms with Crippen molar-refractivity contribution >= 4 is 17.1 Å². The molecule has 2 aliphatic heterocycles. The molecule has 184 valence electrons. The average Bonchev–Trinajstić information content (AvgIpc) is 3.21. The van der Waals surface area contributed by atoms with E-state index in [9.17, 15) is 9.90 Å². The monoisotopic (exact) mass is 467 g/mol. The van der Waals surface area contributed by atoms with E-state index in [1.807, 2.05) is 4.90 Å². The Morgan fingerprint density at radius 2 is 2.06 bits per heavy atom. The van der Waals surface area contributed by atoms with Crippen LogP contribution in [0.25, 0.3) is 11.2 Å². The molecule has 3 aliphatic rings. The Hall–Kier alpha value is -2.29. The van der Waals surface area contributed by atoms with Crippen LogP contribution in [0, 0.1) is 0 Å². The fraction of sp³-hybridized carbons (Fsp3) is 0.654. The molecule has 0 spiro atoms. The molecule has 2 fully saturated rings. The minimum absolute atomic E-state index is 0.0564. The number of carbonyl (C=O) groups is 1. The summed E-state index contributed by atoms with van der Waals surface area (Å²) in [6, 6.07) is 2.12. The van der Waals surface area contributed by atoms with Gasteiger partial charge in [-0.1, -0.05) is 19.9 Å². The van der Waals surface area contributed by atoms with E-state index in [1.54, 1.807) is 10.7 Å². The van der Waals surface area contributed by atoms with E-state index >= 15 is 0 Å². The molecule has 1 aliphatic carbocycles. The number of ether oxygens (including phenoxy) is 1. The maximum Gasteiger partial charge on any atom is 0.274 e. The second-order valence-corrected chi connectivity index (χ2v) is 11.1. The van der Waals surface area contributed by atoms with Gasteiger partial charge in [-0.2, -0.15) is 5.10 Å². The molecule has 0 radical (unpaired) electrons. The summed E-state index contributed by atoms with van der Waals surface area (Å²) in [4.78, 5) is 22.7. The van der Waals surface area contributed by atoms with E-state index < -0.39 is 5.60 Å². The first-order chi connectivity index (χ1) is 16.2. The third kappa shape index (κ3) is 4.39. The highest BCUT2D eigenvalue weighted by molar-refractivity contribution is 5.93. The fourth-order valence-corrected chi connectivity index (χ4v) is 5.51. The van der Waals surface area contributed by atoms with Gasteiger partial charge in [-0.3, -0.25) is 9.69 Å². The summed E-state index contributed by atoms with van der Waals surface area (Å²) in [6.45, 7) is 12.6.